The lowest BCUT2D eigenvalue weighted by Gasteiger charge is -2.07. The van der Waals surface area contributed by atoms with Gasteiger partial charge in [-0.25, -0.2) is 4.79 Å². The number of nitrogens with one attached hydrogen (secondary N) is 1. The van der Waals surface area contributed by atoms with E-state index in [-0.39, 0.29) is 24.0 Å². The smallest absolute Gasteiger partial charge is 0.338 e. The number of fused-ring (bicyclic) bond motifs is 1. The van der Waals surface area contributed by atoms with Crippen LogP contribution in [0.5, 0.6) is 11.5 Å². The first-order valence-electron chi connectivity index (χ1n) is 8.65. The molecule has 0 radical (unpaired) electrons. The van der Waals surface area contributed by atoms with Crippen molar-refractivity contribution in [3.63, 3.8) is 0 Å². The summed E-state index contributed by atoms with van der Waals surface area (Å²) in [4.78, 5) is 37.1. The molecule has 7 nitrogen and oxygen atoms in total. The lowest BCUT2D eigenvalue weighted by Crippen LogP contribution is -2.14. The fourth-order valence-corrected chi connectivity index (χ4v) is 3.28. The van der Waals surface area contributed by atoms with E-state index in [4.69, 9.17) is 14.2 Å². The molecule has 1 N–H and O–H groups in total. The lowest BCUT2D eigenvalue weighted by molar-refractivity contribution is 0.0474. The predicted octanol–water partition coefficient (Wildman–Crippen LogP) is 3.77. The summed E-state index contributed by atoms with van der Waals surface area (Å²) >= 11 is 1.34. The third kappa shape index (κ3) is 4.27. The van der Waals surface area contributed by atoms with Gasteiger partial charge in [-0.3, -0.25) is 9.59 Å². The van der Waals surface area contributed by atoms with Crippen molar-refractivity contribution in [2.24, 2.45) is 0 Å². The quantitative estimate of drug-likeness (QED) is 0.492. The molecular formula is C21H15NO6S. The largest absolute Gasteiger partial charge is 0.454 e. The maximum atomic E-state index is 12.2. The Morgan fingerprint density at radius 1 is 0.966 bits per heavy atom. The molecule has 0 spiro atoms. The highest BCUT2D eigenvalue weighted by Gasteiger charge is 2.18. The number of carbonyl (C=O) groups excluding carboxylic acids is 3. The SMILES string of the molecule is O=C(COC(=O)c1ccc(NC(=O)c2cccs2)cc1)c1ccc2c(c1)OCO2. The van der Waals surface area contributed by atoms with E-state index in [1.165, 1.54) is 23.5 Å². The maximum absolute atomic E-state index is 12.2. The molecule has 0 saturated carbocycles. The number of hydrogen-bond acceptors (Lipinski definition) is 7. The fourth-order valence-electron chi connectivity index (χ4n) is 2.66. The van der Waals surface area contributed by atoms with Crippen molar-refractivity contribution in [2.45, 2.75) is 0 Å². The Hall–Kier alpha value is -3.65. The van der Waals surface area contributed by atoms with E-state index >= 15 is 0 Å². The van der Waals surface area contributed by atoms with Gasteiger partial charge < -0.3 is 19.5 Å². The highest BCUT2D eigenvalue weighted by molar-refractivity contribution is 7.12. The molecule has 29 heavy (non-hydrogen) atoms. The van der Waals surface area contributed by atoms with Crippen LogP contribution in [-0.4, -0.2) is 31.1 Å². The highest BCUT2D eigenvalue weighted by Crippen LogP contribution is 2.32. The summed E-state index contributed by atoms with van der Waals surface area (Å²) in [6.45, 7) is -0.277. The molecule has 2 heterocycles. The Morgan fingerprint density at radius 3 is 2.48 bits per heavy atom. The van der Waals surface area contributed by atoms with Gasteiger partial charge in [0.1, 0.15) is 0 Å². The zero-order chi connectivity index (χ0) is 20.2. The van der Waals surface area contributed by atoms with Gasteiger partial charge in [0.05, 0.1) is 10.4 Å². The molecule has 2 aromatic carbocycles. The van der Waals surface area contributed by atoms with Crippen LogP contribution in [-0.2, 0) is 4.74 Å². The first-order chi connectivity index (χ1) is 14.1. The number of anilines is 1. The summed E-state index contributed by atoms with van der Waals surface area (Å²) in [5.41, 5.74) is 1.20. The molecule has 1 amide bonds. The molecule has 0 unspecified atom stereocenters. The lowest BCUT2D eigenvalue weighted by atomic mass is 10.1. The molecule has 0 saturated heterocycles. The van der Waals surface area contributed by atoms with Crippen LogP contribution in [0.3, 0.4) is 0 Å². The molecule has 4 rings (SSSR count). The van der Waals surface area contributed by atoms with E-state index in [0.717, 1.165) is 0 Å². The minimum absolute atomic E-state index is 0.117. The number of Topliss-reactive ketones (excluding diaryl/α,β-unsaturated/α-hetero) is 1. The van der Waals surface area contributed by atoms with Gasteiger partial charge in [-0.2, -0.15) is 0 Å². The van der Waals surface area contributed by atoms with E-state index in [2.05, 4.69) is 5.32 Å². The number of esters is 1. The van der Waals surface area contributed by atoms with Gasteiger partial charge >= 0.3 is 5.97 Å². The van der Waals surface area contributed by atoms with E-state index in [9.17, 15) is 14.4 Å². The molecule has 8 heteroatoms. The number of thiophene rings is 1. The monoisotopic (exact) mass is 409 g/mol. The number of rotatable bonds is 6. The first kappa shape index (κ1) is 18.7. The molecule has 1 aromatic heterocycles. The number of ether oxygens (including phenoxy) is 3. The standard InChI is InChI=1S/C21H15NO6S/c23-16(14-5-8-17-18(10-14)28-12-27-17)11-26-21(25)13-3-6-15(7-4-13)22-20(24)19-2-1-9-29-19/h1-10H,11-12H2,(H,22,24). The summed E-state index contributed by atoms with van der Waals surface area (Å²) in [7, 11) is 0. The Bertz CT molecular complexity index is 1060. The Morgan fingerprint density at radius 2 is 1.72 bits per heavy atom. The minimum atomic E-state index is -0.629. The molecule has 0 bridgehead atoms. The van der Waals surface area contributed by atoms with Crippen molar-refractivity contribution in [2.75, 3.05) is 18.7 Å². The Kier molecular flexibility index (Phi) is 5.26. The molecule has 3 aromatic rings. The number of carbonyl (C=O) groups is 3. The first-order valence-corrected chi connectivity index (χ1v) is 9.53. The van der Waals surface area contributed by atoms with Crippen LogP contribution >= 0.6 is 11.3 Å². The average molecular weight is 409 g/mol. The van der Waals surface area contributed by atoms with E-state index < -0.39 is 12.6 Å². The van der Waals surface area contributed by atoms with Crippen LogP contribution < -0.4 is 14.8 Å². The zero-order valence-corrected chi connectivity index (χ0v) is 15.9. The van der Waals surface area contributed by atoms with Crippen LogP contribution in [0.15, 0.2) is 60.0 Å². The summed E-state index contributed by atoms with van der Waals surface area (Å²) in [5.74, 6) is -0.136. The predicted molar refractivity (Wildman–Crippen MR) is 106 cm³/mol. The topological polar surface area (TPSA) is 90.9 Å². The van der Waals surface area contributed by atoms with Crippen molar-refractivity contribution in [1.29, 1.82) is 0 Å². The van der Waals surface area contributed by atoms with Crippen molar-refractivity contribution >= 4 is 34.7 Å². The zero-order valence-electron chi connectivity index (χ0n) is 15.0. The number of hydrogen-bond donors (Lipinski definition) is 1. The van der Waals surface area contributed by atoms with E-state index in [1.54, 1.807) is 42.5 Å². The highest BCUT2D eigenvalue weighted by atomic mass is 32.1. The normalized spacial score (nSPS) is 11.7. The summed E-state index contributed by atoms with van der Waals surface area (Å²) in [6.07, 6.45) is 0. The molecule has 0 fully saturated rings. The van der Waals surface area contributed by atoms with Gasteiger partial charge in [-0.1, -0.05) is 6.07 Å². The number of benzene rings is 2. The Balaban J connectivity index is 1.32. The average Bonchev–Trinajstić information content (AvgIpc) is 3.43. The minimum Gasteiger partial charge on any atom is -0.454 e. The second-order valence-corrected chi connectivity index (χ2v) is 7.02. The van der Waals surface area contributed by atoms with Gasteiger partial charge in [0.25, 0.3) is 5.91 Å². The van der Waals surface area contributed by atoms with Crippen molar-refractivity contribution in [3.8, 4) is 11.5 Å². The third-order valence-corrected chi connectivity index (χ3v) is 5.02. The van der Waals surface area contributed by atoms with Crippen LogP contribution in [0.4, 0.5) is 5.69 Å². The fraction of sp³-hybridized carbons (Fsp3) is 0.0952. The van der Waals surface area contributed by atoms with Crippen LogP contribution in [0.25, 0.3) is 0 Å². The van der Waals surface area contributed by atoms with Gasteiger partial charge in [0.15, 0.2) is 23.9 Å². The molecule has 0 atom stereocenters. The number of ketones is 1. The van der Waals surface area contributed by atoms with Crippen LogP contribution in [0, 0.1) is 0 Å². The molecule has 1 aliphatic heterocycles. The second-order valence-electron chi connectivity index (χ2n) is 6.08. The maximum Gasteiger partial charge on any atom is 0.338 e. The summed E-state index contributed by atoms with van der Waals surface area (Å²) in [5, 5.41) is 4.56. The van der Waals surface area contributed by atoms with Crippen LogP contribution in [0.1, 0.15) is 30.4 Å². The van der Waals surface area contributed by atoms with Gasteiger partial charge in [-0.15, -0.1) is 11.3 Å². The summed E-state index contributed by atoms with van der Waals surface area (Å²) < 4.78 is 15.5. The van der Waals surface area contributed by atoms with E-state index in [1.807, 2.05) is 5.38 Å². The molecular weight excluding hydrogens is 394 g/mol. The molecule has 1 aliphatic rings. The van der Waals surface area contributed by atoms with Gasteiger partial charge in [0, 0.05) is 11.3 Å². The number of amides is 1. The molecule has 0 aliphatic carbocycles. The summed E-state index contributed by atoms with van der Waals surface area (Å²) in [6, 6.07) is 14.6. The van der Waals surface area contributed by atoms with E-state index in [0.29, 0.717) is 27.6 Å². The van der Waals surface area contributed by atoms with Crippen molar-refractivity contribution in [1.82, 2.24) is 0 Å². The van der Waals surface area contributed by atoms with Crippen LogP contribution in [0.2, 0.25) is 0 Å². The van der Waals surface area contributed by atoms with Crippen molar-refractivity contribution < 1.29 is 28.6 Å². The third-order valence-electron chi connectivity index (χ3n) is 4.15. The van der Waals surface area contributed by atoms with Gasteiger partial charge in [0.2, 0.25) is 6.79 Å². The molecule has 146 valence electrons. The Labute approximate surface area is 169 Å². The van der Waals surface area contributed by atoms with Gasteiger partial charge in [-0.05, 0) is 53.9 Å². The van der Waals surface area contributed by atoms with Crippen molar-refractivity contribution in [3.05, 3.63) is 76.0 Å². The second kappa shape index (κ2) is 8.15.